The number of halogens is 1. The van der Waals surface area contributed by atoms with Gasteiger partial charge in [0.05, 0.1) is 5.39 Å². The first-order valence-electron chi connectivity index (χ1n) is 9.73. The molecular weight excluding hydrogens is 359 g/mol. The lowest BCUT2D eigenvalue weighted by Gasteiger charge is -2.34. The van der Waals surface area contributed by atoms with E-state index in [-0.39, 0.29) is 5.82 Å². The van der Waals surface area contributed by atoms with Crippen molar-refractivity contribution < 1.29 is 4.39 Å². The summed E-state index contributed by atoms with van der Waals surface area (Å²) >= 11 is 1.86. The Morgan fingerprint density at radius 2 is 1.89 bits per heavy atom. The van der Waals surface area contributed by atoms with Gasteiger partial charge in [-0.05, 0) is 68.9 Å². The zero-order chi connectivity index (χ0) is 18.4. The van der Waals surface area contributed by atoms with Crippen LogP contribution in [0.5, 0.6) is 0 Å². The highest BCUT2D eigenvalue weighted by Crippen LogP contribution is 2.41. The summed E-state index contributed by atoms with van der Waals surface area (Å²) in [4.78, 5) is 14.7. The molecule has 1 aliphatic heterocycles. The summed E-state index contributed by atoms with van der Waals surface area (Å²) in [5, 5.41) is 4.85. The van der Waals surface area contributed by atoms with Crippen molar-refractivity contribution in [1.82, 2.24) is 9.97 Å². The largest absolute Gasteiger partial charge is 0.382 e. The molecule has 27 heavy (non-hydrogen) atoms. The lowest BCUT2D eigenvalue weighted by molar-refractivity contribution is 0.524. The Morgan fingerprint density at radius 3 is 2.67 bits per heavy atom. The van der Waals surface area contributed by atoms with Gasteiger partial charge in [-0.15, -0.1) is 11.3 Å². The fraction of sp³-hybridized carbons (Fsp3) is 0.429. The number of anilines is 2. The Morgan fingerprint density at radius 1 is 1.11 bits per heavy atom. The van der Waals surface area contributed by atoms with Gasteiger partial charge < -0.3 is 10.2 Å². The van der Waals surface area contributed by atoms with E-state index in [2.05, 4.69) is 10.2 Å². The van der Waals surface area contributed by atoms with Crippen LogP contribution in [0.15, 0.2) is 24.3 Å². The highest BCUT2D eigenvalue weighted by molar-refractivity contribution is 7.19. The Labute approximate surface area is 162 Å². The number of piperidine rings is 1. The van der Waals surface area contributed by atoms with Crippen molar-refractivity contribution in [3.05, 3.63) is 46.3 Å². The van der Waals surface area contributed by atoms with Crippen LogP contribution in [0, 0.1) is 12.7 Å². The summed E-state index contributed by atoms with van der Waals surface area (Å²) in [5.41, 5.74) is 2.49. The van der Waals surface area contributed by atoms with E-state index in [0.717, 1.165) is 54.5 Å². The number of hydrogen-bond donors (Lipinski definition) is 1. The van der Waals surface area contributed by atoms with E-state index in [9.17, 15) is 4.39 Å². The number of hydrogen-bond acceptors (Lipinski definition) is 5. The molecule has 0 unspecified atom stereocenters. The number of thiophene rings is 1. The van der Waals surface area contributed by atoms with Gasteiger partial charge in [0.15, 0.2) is 0 Å². The highest BCUT2D eigenvalue weighted by atomic mass is 32.1. The van der Waals surface area contributed by atoms with E-state index >= 15 is 0 Å². The molecule has 1 N–H and O–H groups in total. The zero-order valence-corrected chi connectivity index (χ0v) is 16.3. The number of benzene rings is 1. The summed E-state index contributed by atoms with van der Waals surface area (Å²) < 4.78 is 13.1. The molecule has 0 saturated carbocycles. The third kappa shape index (κ3) is 3.16. The van der Waals surface area contributed by atoms with Crippen molar-refractivity contribution in [3.63, 3.8) is 0 Å². The topological polar surface area (TPSA) is 41.1 Å². The second-order valence-electron chi connectivity index (χ2n) is 7.54. The zero-order valence-electron chi connectivity index (χ0n) is 15.5. The average molecular weight is 383 g/mol. The fourth-order valence-electron chi connectivity index (χ4n) is 4.33. The van der Waals surface area contributed by atoms with Crippen LogP contribution in [-0.4, -0.2) is 29.1 Å². The molecule has 3 aromatic rings. The molecule has 3 heterocycles. The molecule has 4 nitrogen and oxygen atoms in total. The van der Waals surface area contributed by atoms with Crippen molar-refractivity contribution in [3.8, 4) is 0 Å². The molecule has 1 aliphatic carbocycles. The summed E-state index contributed by atoms with van der Waals surface area (Å²) in [5.74, 6) is 1.81. The molecule has 0 spiro atoms. The Hall–Kier alpha value is -2.21. The average Bonchev–Trinajstić information content (AvgIpc) is 3.24. The molecular formula is C21H23FN4S. The molecule has 1 saturated heterocycles. The van der Waals surface area contributed by atoms with Crippen LogP contribution >= 0.6 is 11.3 Å². The van der Waals surface area contributed by atoms with Crippen LogP contribution in [0.2, 0.25) is 0 Å². The van der Waals surface area contributed by atoms with Crippen molar-refractivity contribution >= 4 is 33.1 Å². The Balaban J connectivity index is 1.36. The molecule has 6 heteroatoms. The van der Waals surface area contributed by atoms with Crippen LogP contribution in [0.3, 0.4) is 0 Å². The third-order valence-electron chi connectivity index (χ3n) is 5.67. The van der Waals surface area contributed by atoms with Gasteiger partial charge in [0.2, 0.25) is 0 Å². The van der Waals surface area contributed by atoms with Crippen LogP contribution < -0.4 is 10.2 Å². The van der Waals surface area contributed by atoms with Crippen LogP contribution in [0.1, 0.15) is 35.5 Å². The van der Waals surface area contributed by atoms with E-state index in [1.807, 2.05) is 30.4 Å². The van der Waals surface area contributed by atoms with Crippen molar-refractivity contribution in [2.45, 2.75) is 45.1 Å². The van der Waals surface area contributed by atoms with E-state index in [4.69, 9.17) is 9.97 Å². The second-order valence-corrected chi connectivity index (χ2v) is 8.63. The molecule has 2 aromatic heterocycles. The maximum atomic E-state index is 13.1. The number of rotatable bonds is 3. The number of aromatic nitrogens is 2. The third-order valence-corrected chi connectivity index (χ3v) is 6.85. The van der Waals surface area contributed by atoms with Crippen molar-refractivity contribution in [2.75, 3.05) is 23.3 Å². The van der Waals surface area contributed by atoms with Crippen LogP contribution in [0.4, 0.5) is 15.9 Å². The number of fused-ring (bicyclic) bond motifs is 3. The standard InChI is InChI=1S/C21H23FN4S/c1-13-23-20(19-17-3-2-4-18(17)27-21(19)24-13)26-11-9-16(10-12-26)25-15-7-5-14(22)6-8-15/h5-8,16,25H,2-4,9-12H2,1H3. The van der Waals surface area contributed by atoms with Gasteiger partial charge in [0.1, 0.15) is 22.3 Å². The molecule has 140 valence electrons. The summed E-state index contributed by atoms with van der Waals surface area (Å²) in [6.45, 7) is 3.96. The first-order chi connectivity index (χ1) is 13.2. The van der Waals surface area contributed by atoms with Crippen molar-refractivity contribution in [2.24, 2.45) is 0 Å². The predicted octanol–water partition coefficient (Wildman–Crippen LogP) is 4.71. The predicted molar refractivity (Wildman–Crippen MR) is 109 cm³/mol. The Bertz CT molecular complexity index is 974. The van der Waals surface area contributed by atoms with Gasteiger partial charge in [-0.2, -0.15) is 0 Å². The molecule has 0 bridgehead atoms. The minimum atomic E-state index is -0.193. The number of nitrogens with one attached hydrogen (secondary N) is 1. The molecule has 2 aliphatic rings. The minimum Gasteiger partial charge on any atom is -0.382 e. The lowest BCUT2D eigenvalue weighted by Crippen LogP contribution is -2.39. The van der Waals surface area contributed by atoms with E-state index in [1.54, 1.807) is 0 Å². The summed E-state index contributed by atoms with van der Waals surface area (Å²) in [6.07, 6.45) is 5.71. The highest BCUT2D eigenvalue weighted by Gasteiger charge is 2.27. The summed E-state index contributed by atoms with van der Waals surface area (Å²) in [7, 11) is 0. The van der Waals surface area contributed by atoms with E-state index in [0.29, 0.717) is 6.04 Å². The first-order valence-corrected chi connectivity index (χ1v) is 10.5. The Kier molecular flexibility index (Phi) is 4.23. The van der Waals surface area contributed by atoms with Gasteiger partial charge in [-0.3, -0.25) is 0 Å². The molecule has 1 fully saturated rings. The SMILES string of the molecule is Cc1nc(N2CCC(Nc3ccc(F)cc3)CC2)c2c3c(sc2n1)CCC3. The monoisotopic (exact) mass is 382 g/mol. The van der Waals surface area contributed by atoms with E-state index in [1.165, 1.54) is 40.8 Å². The van der Waals surface area contributed by atoms with E-state index < -0.39 is 0 Å². The molecule has 0 radical (unpaired) electrons. The quantitative estimate of drug-likeness (QED) is 0.712. The van der Waals surface area contributed by atoms with Gasteiger partial charge in [0.25, 0.3) is 0 Å². The number of nitrogens with zero attached hydrogens (tertiary/aromatic N) is 3. The van der Waals surface area contributed by atoms with Gasteiger partial charge in [0, 0.05) is 29.7 Å². The van der Waals surface area contributed by atoms with Crippen molar-refractivity contribution in [1.29, 1.82) is 0 Å². The maximum absolute atomic E-state index is 13.1. The maximum Gasteiger partial charge on any atom is 0.141 e. The summed E-state index contributed by atoms with van der Waals surface area (Å²) in [6, 6.07) is 7.06. The van der Waals surface area contributed by atoms with Gasteiger partial charge in [-0.25, -0.2) is 14.4 Å². The normalized spacial score (nSPS) is 17.5. The number of aryl methyl sites for hydroxylation is 3. The van der Waals surface area contributed by atoms with Crippen LogP contribution in [0.25, 0.3) is 10.2 Å². The minimum absolute atomic E-state index is 0.193. The molecule has 0 amide bonds. The molecule has 0 atom stereocenters. The lowest BCUT2D eigenvalue weighted by atomic mass is 10.0. The fourth-order valence-corrected chi connectivity index (χ4v) is 5.63. The molecule has 1 aromatic carbocycles. The second kappa shape index (κ2) is 6.75. The smallest absolute Gasteiger partial charge is 0.141 e. The van der Waals surface area contributed by atoms with Gasteiger partial charge >= 0.3 is 0 Å². The van der Waals surface area contributed by atoms with Crippen LogP contribution in [-0.2, 0) is 12.8 Å². The first kappa shape index (κ1) is 16.9. The molecule has 5 rings (SSSR count). The van der Waals surface area contributed by atoms with Gasteiger partial charge in [-0.1, -0.05) is 0 Å².